The fraction of sp³-hybridized carbons (Fsp3) is 0.476. The Labute approximate surface area is 170 Å². The van der Waals surface area contributed by atoms with Crippen LogP contribution in [0, 0.1) is 5.92 Å². The minimum absolute atomic E-state index is 0.0857. The van der Waals surface area contributed by atoms with Crippen LogP contribution in [0.25, 0.3) is 0 Å². The van der Waals surface area contributed by atoms with Crippen molar-refractivity contribution in [2.75, 3.05) is 5.32 Å². The summed E-state index contributed by atoms with van der Waals surface area (Å²) >= 11 is 6.11. The molecule has 28 heavy (non-hydrogen) atoms. The second-order valence-electron chi connectivity index (χ2n) is 7.62. The Morgan fingerprint density at radius 1 is 1.14 bits per heavy atom. The van der Waals surface area contributed by atoms with Gasteiger partial charge in [-0.15, -0.1) is 0 Å². The number of carbonyl (C=O) groups excluding carboxylic acids is 2. The summed E-state index contributed by atoms with van der Waals surface area (Å²) in [6.45, 7) is 3.80. The Morgan fingerprint density at radius 2 is 1.86 bits per heavy atom. The molecule has 0 bridgehead atoms. The zero-order valence-corrected chi connectivity index (χ0v) is 17.1. The van der Waals surface area contributed by atoms with Crippen molar-refractivity contribution in [3.8, 4) is 0 Å². The van der Waals surface area contributed by atoms with Crippen molar-refractivity contribution in [2.24, 2.45) is 5.92 Å². The average Bonchev–Trinajstić information content (AvgIpc) is 3.14. The van der Waals surface area contributed by atoms with Gasteiger partial charge in [0.2, 0.25) is 5.91 Å². The lowest BCUT2D eigenvalue weighted by Crippen LogP contribution is -2.47. The summed E-state index contributed by atoms with van der Waals surface area (Å²) in [7, 11) is 0. The van der Waals surface area contributed by atoms with E-state index in [-0.39, 0.29) is 17.7 Å². The normalized spacial score (nSPS) is 16.0. The Morgan fingerprint density at radius 3 is 2.54 bits per heavy atom. The molecule has 0 radical (unpaired) electrons. The molecule has 2 aromatic rings. The molecular formula is C21H27ClN4O2. The molecule has 6 nitrogen and oxygen atoms in total. The van der Waals surface area contributed by atoms with Gasteiger partial charge in [0.05, 0.1) is 22.8 Å². The third-order valence-electron chi connectivity index (χ3n) is 5.20. The van der Waals surface area contributed by atoms with Crippen LogP contribution in [0.3, 0.4) is 0 Å². The summed E-state index contributed by atoms with van der Waals surface area (Å²) in [5.41, 5.74) is 0.356. The Kier molecular flexibility index (Phi) is 6.73. The number of aromatic nitrogens is 2. The molecule has 1 aromatic heterocycles. The predicted octanol–water partition coefficient (Wildman–Crippen LogP) is 4.43. The van der Waals surface area contributed by atoms with Gasteiger partial charge in [-0.05, 0) is 30.9 Å². The number of nitrogens with one attached hydrogen (secondary N) is 2. The van der Waals surface area contributed by atoms with E-state index < -0.39 is 6.04 Å². The van der Waals surface area contributed by atoms with Gasteiger partial charge >= 0.3 is 0 Å². The van der Waals surface area contributed by atoms with Gasteiger partial charge in [0, 0.05) is 6.07 Å². The smallest absolute Gasteiger partial charge is 0.253 e. The molecule has 1 atom stereocenters. The van der Waals surface area contributed by atoms with Gasteiger partial charge in [0.25, 0.3) is 5.91 Å². The van der Waals surface area contributed by atoms with Crippen LogP contribution in [-0.2, 0) is 4.79 Å². The summed E-state index contributed by atoms with van der Waals surface area (Å²) in [5.74, 6) is -0.0276. The number of benzene rings is 1. The van der Waals surface area contributed by atoms with E-state index in [0.29, 0.717) is 22.4 Å². The van der Waals surface area contributed by atoms with E-state index in [1.165, 1.54) is 19.3 Å². The minimum atomic E-state index is -0.682. The molecule has 7 heteroatoms. The molecule has 0 aliphatic heterocycles. The largest absolute Gasteiger partial charge is 0.340 e. The van der Waals surface area contributed by atoms with Crippen LogP contribution in [-0.4, -0.2) is 27.6 Å². The molecule has 1 heterocycles. The number of nitrogens with zero attached hydrogens (tertiary/aromatic N) is 2. The first-order chi connectivity index (χ1) is 13.5. The van der Waals surface area contributed by atoms with Crippen molar-refractivity contribution < 1.29 is 9.59 Å². The molecule has 2 N–H and O–H groups in total. The highest BCUT2D eigenvalue weighted by Gasteiger charge is 2.27. The molecule has 0 spiro atoms. The van der Waals surface area contributed by atoms with Gasteiger partial charge in [-0.25, -0.2) is 4.68 Å². The van der Waals surface area contributed by atoms with E-state index in [1.54, 1.807) is 36.5 Å². The molecule has 1 fully saturated rings. The summed E-state index contributed by atoms with van der Waals surface area (Å²) in [4.78, 5) is 25.5. The molecule has 1 unspecified atom stereocenters. The van der Waals surface area contributed by atoms with Gasteiger partial charge < -0.3 is 10.6 Å². The molecule has 2 amide bonds. The molecule has 3 rings (SSSR count). The van der Waals surface area contributed by atoms with Gasteiger partial charge in [0.1, 0.15) is 11.9 Å². The van der Waals surface area contributed by atoms with Gasteiger partial charge in [-0.2, -0.15) is 5.10 Å². The molecule has 0 saturated heterocycles. The van der Waals surface area contributed by atoms with Crippen molar-refractivity contribution in [3.63, 3.8) is 0 Å². The van der Waals surface area contributed by atoms with Crippen molar-refractivity contribution in [2.45, 2.75) is 58.0 Å². The van der Waals surface area contributed by atoms with E-state index >= 15 is 0 Å². The third kappa shape index (κ3) is 4.73. The van der Waals surface area contributed by atoms with E-state index in [9.17, 15) is 9.59 Å². The molecule has 1 saturated carbocycles. The molecule has 1 aromatic carbocycles. The van der Waals surface area contributed by atoms with E-state index in [2.05, 4.69) is 15.7 Å². The number of amides is 2. The van der Waals surface area contributed by atoms with Crippen LogP contribution in [0.1, 0.15) is 62.4 Å². The topological polar surface area (TPSA) is 76.0 Å². The van der Waals surface area contributed by atoms with Crippen LogP contribution in [0.5, 0.6) is 0 Å². The highest BCUT2D eigenvalue weighted by molar-refractivity contribution is 6.33. The quantitative estimate of drug-likeness (QED) is 0.750. The van der Waals surface area contributed by atoms with Crippen molar-refractivity contribution >= 4 is 29.2 Å². The average molecular weight is 403 g/mol. The highest BCUT2D eigenvalue weighted by atomic mass is 35.5. The lowest BCUT2D eigenvalue weighted by molar-refractivity contribution is -0.118. The number of carbonyl (C=O) groups is 2. The maximum absolute atomic E-state index is 12.9. The Bertz CT molecular complexity index is 827. The van der Waals surface area contributed by atoms with E-state index in [1.807, 2.05) is 18.5 Å². The lowest BCUT2D eigenvalue weighted by atomic mass is 9.96. The predicted molar refractivity (Wildman–Crippen MR) is 111 cm³/mol. The van der Waals surface area contributed by atoms with Crippen LogP contribution in [0.4, 0.5) is 5.82 Å². The summed E-state index contributed by atoms with van der Waals surface area (Å²) in [6.07, 6.45) is 7.46. The number of anilines is 1. The number of hydrogen-bond donors (Lipinski definition) is 2. The Hall–Kier alpha value is -2.34. The summed E-state index contributed by atoms with van der Waals surface area (Å²) < 4.78 is 1.91. The van der Waals surface area contributed by atoms with Crippen LogP contribution < -0.4 is 10.6 Å². The first-order valence-corrected chi connectivity index (χ1v) is 10.2. The van der Waals surface area contributed by atoms with Crippen molar-refractivity contribution in [3.05, 3.63) is 47.1 Å². The van der Waals surface area contributed by atoms with Crippen LogP contribution in [0.15, 0.2) is 36.5 Å². The highest BCUT2D eigenvalue weighted by Crippen LogP contribution is 2.30. The Balaban J connectivity index is 1.71. The van der Waals surface area contributed by atoms with Gasteiger partial charge in [-0.1, -0.05) is 56.8 Å². The molecule has 1 aliphatic carbocycles. The fourth-order valence-electron chi connectivity index (χ4n) is 3.63. The SMILES string of the molecule is CC(C)C(NC(=O)c1ccccc1Cl)C(=O)Nc1ccnn1C1CCCCC1. The molecular weight excluding hydrogens is 376 g/mol. The maximum Gasteiger partial charge on any atom is 0.253 e. The third-order valence-corrected chi connectivity index (χ3v) is 5.53. The fourth-order valence-corrected chi connectivity index (χ4v) is 3.85. The maximum atomic E-state index is 12.9. The standard InChI is InChI=1S/C21H27ClN4O2/c1-14(2)19(25-20(27)16-10-6-7-11-17(16)22)21(28)24-18-12-13-23-26(18)15-8-4-3-5-9-15/h6-7,10-15,19H,3-5,8-9H2,1-2H3,(H,24,28)(H,25,27). The van der Waals surface area contributed by atoms with Crippen molar-refractivity contribution in [1.82, 2.24) is 15.1 Å². The van der Waals surface area contributed by atoms with Gasteiger partial charge in [-0.3, -0.25) is 9.59 Å². The summed E-state index contributed by atoms with van der Waals surface area (Å²) in [5, 5.41) is 10.5. The lowest BCUT2D eigenvalue weighted by Gasteiger charge is -2.25. The number of hydrogen-bond acceptors (Lipinski definition) is 3. The van der Waals surface area contributed by atoms with E-state index in [4.69, 9.17) is 11.6 Å². The van der Waals surface area contributed by atoms with E-state index in [0.717, 1.165) is 12.8 Å². The first kappa shape index (κ1) is 20.4. The van der Waals surface area contributed by atoms with Crippen molar-refractivity contribution in [1.29, 1.82) is 0 Å². The van der Waals surface area contributed by atoms with Crippen LogP contribution in [0.2, 0.25) is 5.02 Å². The van der Waals surface area contributed by atoms with Gasteiger partial charge in [0.15, 0.2) is 0 Å². The second-order valence-corrected chi connectivity index (χ2v) is 8.02. The zero-order valence-electron chi connectivity index (χ0n) is 16.3. The first-order valence-electron chi connectivity index (χ1n) is 9.87. The molecule has 150 valence electrons. The summed E-state index contributed by atoms with van der Waals surface area (Å²) in [6, 6.07) is 8.24. The van der Waals surface area contributed by atoms with Crippen LogP contribution >= 0.6 is 11.6 Å². The second kappa shape index (κ2) is 9.24. The number of halogens is 1. The molecule has 1 aliphatic rings. The number of rotatable bonds is 6. The monoisotopic (exact) mass is 402 g/mol. The minimum Gasteiger partial charge on any atom is -0.340 e. The zero-order chi connectivity index (χ0) is 20.1.